The second-order valence-electron chi connectivity index (χ2n) is 7.45. The molecule has 2 aliphatic heterocycles. The lowest BCUT2D eigenvalue weighted by Gasteiger charge is -2.22. The molecule has 6 heteroatoms. The van der Waals surface area contributed by atoms with Crippen molar-refractivity contribution >= 4 is 33.8 Å². The SMILES string of the molecule is Cn1c(C2=C(O)CN(c3ccc(N4CCCC4)cc3)C2=N)nc2ccccc21. The average molecular weight is 373 g/mol. The molecule has 0 saturated carbocycles. The smallest absolute Gasteiger partial charge is 0.148 e. The minimum absolute atomic E-state index is 0.187. The first-order valence-corrected chi connectivity index (χ1v) is 9.69. The van der Waals surface area contributed by atoms with Crippen molar-refractivity contribution in [1.29, 1.82) is 5.41 Å². The van der Waals surface area contributed by atoms with E-state index in [1.54, 1.807) is 0 Å². The zero-order chi connectivity index (χ0) is 19.3. The number of hydrogen-bond donors (Lipinski definition) is 2. The molecule has 2 aromatic carbocycles. The van der Waals surface area contributed by atoms with Crippen LogP contribution in [-0.2, 0) is 7.05 Å². The number of fused-ring (bicyclic) bond motifs is 1. The maximum atomic E-state index is 10.7. The first-order valence-electron chi connectivity index (χ1n) is 9.69. The molecular formula is C22H23N5O. The van der Waals surface area contributed by atoms with Crippen LogP contribution >= 0.6 is 0 Å². The minimum atomic E-state index is 0.187. The molecule has 0 amide bonds. The van der Waals surface area contributed by atoms with E-state index in [0.717, 1.165) is 29.8 Å². The fourth-order valence-corrected chi connectivity index (χ4v) is 4.22. The van der Waals surface area contributed by atoms with Crippen molar-refractivity contribution in [3.8, 4) is 0 Å². The van der Waals surface area contributed by atoms with Gasteiger partial charge in [0.25, 0.3) is 0 Å². The molecule has 0 aliphatic carbocycles. The predicted molar refractivity (Wildman–Crippen MR) is 113 cm³/mol. The molecule has 3 aromatic rings. The number of para-hydroxylation sites is 2. The highest BCUT2D eigenvalue weighted by Crippen LogP contribution is 2.33. The molecule has 1 fully saturated rings. The van der Waals surface area contributed by atoms with E-state index < -0.39 is 0 Å². The molecule has 0 bridgehead atoms. The van der Waals surface area contributed by atoms with Gasteiger partial charge in [0, 0.05) is 31.5 Å². The second kappa shape index (κ2) is 6.41. The summed E-state index contributed by atoms with van der Waals surface area (Å²) in [7, 11) is 1.92. The molecule has 2 aliphatic rings. The molecule has 1 saturated heterocycles. The van der Waals surface area contributed by atoms with Crippen molar-refractivity contribution in [2.24, 2.45) is 7.05 Å². The summed E-state index contributed by atoms with van der Waals surface area (Å²) in [6, 6.07) is 16.1. The molecule has 28 heavy (non-hydrogen) atoms. The largest absolute Gasteiger partial charge is 0.509 e. The molecule has 0 radical (unpaired) electrons. The Morgan fingerprint density at radius 1 is 0.964 bits per heavy atom. The molecule has 142 valence electrons. The van der Waals surface area contributed by atoms with Gasteiger partial charge in [0.1, 0.15) is 17.4 Å². The predicted octanol–water partition coefficient (Wildman–Crippen LogP) is 3.94. The summed E-state index contributed by atoms with van der Waals surface area (Å²) in [4.78, 5) is 8.88. The number of anilines is 2. The molecule has 0 atom stereocenters. The Morgan fingerprint density at radius 2 is 1.64 bits per heavy atom. The number of benzene rings is 2. The summed E-state index contributed by atoms with van der Waals surface area (Å²) in [5.74, 6) is 1.09. The summed E-state index contributed by atoms with van der Waals surface area (Å²) in [5.41, 5.74) is 4.48. The molecule has 1 aromatic heterocycles. The van der Waals surface area contributed by atoms with Gasteiger partial charge in [-0.2, -0.15) is 0 Å². The van der Waals surface area contributed by atoms with E-state index in [1.807, 2.05) is 52.9 Å². The summed E-state index contributed by atoms with van der Waals surface area (Å²) < 4.78 is 1.94. The fourth-order valence-electron chi connectivity index (χ4n) is 4.22. The number of nitrogens with one attached hydrogen (secondary N) is 1. The maximum absolute atomic E-state index is 10.7. The lowest BCUT2D eigenvalue weighted by atomic mass is 10.2. The standard InChI is InChI=1S/C22H23N5O/c1-25-18-7-3-2-6-17(18)24-22(25)20-19(28)14-27(21(20)23)16-10-8-15(9-11-16)26-12-4-5-13-26/h2-3,6-11,23,28H,4-5,12-14H2,1H3. The van der Waals surface area contributed by atoms with E-state index in [-0.39, 0.29) is 11.6 Å². The Balaban J connectivity index is 1.45. The number of imidazole rings is 1. The molecule has 3 heterocycles. The Kier molecular flexibility index (Phi) is 3.86. The van der Waals surface area contributed by atoms with E-state index in [1.165, 1.54) is 18.5 Å². The van der Waals surface area contributed by atoms with Gasteiger partial charge in [-0.25, -0.2) is 4.98 Å². The zero-order valence-corrected chi connectivity index (χ0v) is 15.9. The Hall–Kier alpha value is -3.28. The molecular weight excluding hydrogens is 350 g/mol. The molecule has 0 unspecified atom stereocenters. The number of amidine groups is 1. The minimum Gasteiger partial charge on any atom is -0.509 e. The second-order valence-corrected chi connectivity index (χ2v) is 7.45. The zero-order valence-electron chi connectivity index (χ0n) is 15.9. The maximum Gasteiger partial charge on any atom is 0.148 e. The summed E-state index contributed by atoms with van der Waals surface area (Å²) in [5, 5.41) is 19.4. The monoisotopic (exact) mass is 373 g/mol. The topological polar surface area (TPSA) is 68.4 Å². The van der Waals surface area contributed by atoms with Gasteiger partial charge < -0.3 is 19.5 Å². The van der Waals surface area contributed by atoms with E-state index in [2.05, 4.69) is 22.0 Å². The van der Waals surface area contributed by atoms with Gasteiger partial charge in [-0.05, 0) is 49.2 Å². The molecule has 6 nitrogen and oxygen atoms in total. The van der Waals surface area contributed by atoms with E-state index in [0.29, 0.717) is 17.9 Å². The van der Waals surface area contributed by atoms with Crippen molar-refractivity contribution in [1.82, 2.24) is 9.55 Å². The lowest BCUT2D eigenvalue weighted by Crippen LogP contribution is -2.26. The number of aliphatic hydroxyl groups excluding tert-OH is 1. The average Bonchev–Trinajstić information content (AvgIpc) is 3.42. The Morgan fingerprint density at radius 3 is 2.36 bits per heavy atom. The van der Waals surface area contributed by atoms with Crippen LogP contribution in [0.1, 0.15) is 18.7 Å². The highest BCUT2D eigenvalue weighted by atomic mass is 16.3. The third-order valence-corrected chi connectivity index (χ3v) is 5.75. The Labute approximate surface area is 163 Å². The highest BCUT2D eigenvalue weighted by Gasteiger charge is 2.32. The van der Waals surface area contributed by atoms with Gasteiger partial charge in [-0.3, -0.25) is 5.41 Å². The summed E-state index contributed by atoms with van der Waals surface area (Å²) >= 11 is 0. The van der Waals surface area contributed by atoms with Crippen molar-refractivity contribution in [3.05, 3.63) is 60.1 Å². The van der Waals surface area contributed by atoms with Crippen molar-refractivity contribution in [2.45, 2.75) is 12.8 Å². The van der Waals surface area contributed by atoms with Gasteiger partial charge in [0.15, 0.2) is 0 Å². The van der Waals surface area contributed by atoms with Crippen molar-refractivity contribution in [3.63, 3.8) is 0 Å². The van der Waals surface area contributed by atoms with Crippen LogP contribution in [0.15, 0.2) is 54.3 Å². The van der Waals surface area contributed by atoms with Crippen LogP contribution in [0.2, 0.25) is 0 Å². The third-order valence-electron chi connectivity index (χ3n) is 5.75. The fraction of sp³-hybridized carbons (Fsp3) is 0.273. The quantitative estimate of drug-likeness (QED) is 0.730. The van der Waals surface area contributed by atoms with E-state index in [9.17, 15) is 5.11 Å². The van der Waals surface area contributed by atoms with Crippen molar-refractivity contribution < 1.29 is 5.11 Å². The number of hydrogen-bond acceptors (Lipinski definition) is 4. The molecule has 2 N–H and O–H groups in total. The normalized spacial score (nSPS) is 17.4. The number of nitrogens with zero attached hydrogens (tertiary/aromatic N) is 4. The third kappa shape index (κ3) is 2.56. The molecule has 0 spiro atoms. The van der Waals surface area contributed by atoms with Crippen LogP contribution in [0, 0.1) is 5.41 Å². The first kappa shape index (κ1) is 16.9. The van der Waals surface area contributed by atoms with E-state index >= 15 is 0 Å². The van der Waals surface area contributed by atoms with E-state index in [4.69, 9.17) is 5.41 Å². The van der Waals surface area contributed by atoms with Gasteiger partial charge >= 0.3 is 0 Å². The summed E-state index contributed by atoms with van der Waals surface area (Å²) in [6.45, 7) is 2.51. The first-order chi connectivity index (χ1) is 13.6. The van der Waals surface area contributed by atoms with Gasteiger partial charge in [-0.1, -0.05) is 12.1 Å². The van der Waals surface area contributed by atoms with Crippen LogP contribution in [0.25, 0.3) is 16.6 Å². The van der Waals surface area contributed by atoms with Crippen LogP contribution in [-0.4, -0.2) is 40.1 Å². The van der Waals surface area contributed by atoms with Crippen LogP contribution < -0.4 is 9.80 Å². The number of aromatic nitrogens is 2. The van der Waals surface area contributed by atoms with Gasteiger partial charge in [0.2, 0.25) is 0 Å². The summed E-state index contributed by atoms with van der Waals surface area (Å²) in [6.07, 6.45) is 2.50. The van der Waals surface area contributed by atoms with Crippen LogP contribution in [0.4, 0.5) is 11.4 Å². The highest BCUT2D eigenvalue weighted by molar-refractivity contribution is 6.30. The Bertz CT molecular complexity index is 1090. The van der Waals surface area contributed by atoms with Gasteiger partial charge in [0.05, 0.1) is 23.2 Å². The van der Waals surface area contributed by atoms with Crippen LogP contribution in [0.5, 0.6) is 0 Å². The van der Waals surface area contributed by atoms with Crippen LogP contribution in [0.3, 0.4) is 0 Å². The number of aliphatic hydroxyl groups is 1. The van der Waals surface area contributed by atoms with Crippen molar-refractivity contribution in [2.75, 3.05) is 29.4 Å². The lowest BCUT2D eigenvalue weighted by molar-refractivity contribution is 0.411. The number of aryl methyl sites for hydroxylation is 1. The number of rotatable bonds is 3. The van der Waals surface area contributed by atoms with Gasteiger partial charge in [-0.15, -0.1) is 0 Å². The molecule has 5 rings (SSSR count).